The summed E-state index contributed by atoms with van der Waals surface area (Å²) in [7, 11) is 1.10. The van der Waals surface area contributed by atoms with Crippen molar-refractivity contribution in [1.29, 1.82) is 5.41 Å². The molecule has 0 aromatic carbocycles. The highest BCUT2D eigenvalue weighted by atomic mass is 16.4. The van der Waals surface area contributed by atoms with Crippen LogP contribution in [0.3, 0.4) is 0 Å². The predicted octanol–water partition coefficient (Wildman–Crippen LogP) is -5.53. The van der Waals surface area contributed by atoms with Gasteiger partial charge in [0.25, 0.3) is 0 Å². The molecule has 1 fully saturated rings. The van der Waals surface area contributed by atoms with Gasteiger partial charge in [-0.25, -0.2) is 9.59 Å². The van der Waals surface area contributed by atoms with Crippen molar-refractivity contribution >= 4 is 29.8 Å². The first kappa shape index (κ1) is 27.0. The van der Waals surface area contributed by atoms with Crippen LogP contribution in [0.4, 0.5) is 0 Å². The molecule has 0 radical (unpaired) electrons. The monoisotopic (exact) mass is 466 g/mol. The van der Waals surface area contributed by atoms with Crippen molar-refractivity contribution in [3.63, 3.8) is 0 Å². The van der Waals surface area contributed by atoms with E-state index in [4.69, 9.17) is 15.6 Å². The Morgan fingerprint density at radius 1 is 1.16 bits per heavy atom. The van der Waals surface area contributed by atoms with Crippen LogP contribution in [-0.2, 0) is 19.2 Å². The Hall–Kier alpha value is -3.05. The van der Waals surface area contributed by atoms with Gasteiger partial charge in [0.1, 0.15) is 18.3 Å². The highest BCUT2D eigenvalue weighted by molar-refractivity contribution is 5.95. The third-order valence-corrected chi connectivity index (χ3v) is 4.98. The zero-order valence-electron chi connectivity index (χ0n) is 16.8. The second-order valence-electron chi connectivity index (χ2n) is 7.26. The fraction of sp³-hybridized carbons (Fsp3) is 0.688. The second-order valence-corrected chi connectivity index (χ2v) is 7.26. The van der Waals surface area contributed by atoms with E-state index < -0.39 is 91.9 Å². The van der Waals surface area contributed by atoms with Gasteiger partial charge in [0, 0.05) is 13.6 Å². The van der Waals surface area contributed by atoms with Crippen LogP contribution in [0, 0.1) is 5.41 Å². The maximum absolute atomic E-state index is 12.6. The van der Waals surface area contributed by atoms with E-state index in [1.807, 2.05) is 5.32 Å². The molecule has 0 bridgehead atoms. The number of carbonyl (C=O) groups is 4. The summed E-state index contributed by atoms with van der Waals surface area (Å²) in [5, 5.41) is 85.9. The number of piperidine rings is 1. The topological polar surface area (TPSA) is 272 Å². The first-order chi connectivity index (χ1) is 14.7. The van der Waals surface area contributed by atoms with Crippen LogP contribution in [0.2, 0.25) is 0 Å². The van der Waals surface area contributed by atoms with E-state index >= 15 is 0 Å². The minimum atomic E-state index is -3.34. The molecule has 6 atom stereocenters. The fourth-order valence-electron chi connectivity index (χ4n) is 3.11. The number of aliphatic carboxylic acids is 3. The molecule has 182 valence electrons. The molecule has 1 amide bonds. The number of aliphatic hydroxyl groups excluding tert-OH is 4. The molecule has 3 unspecified atom stereocenters. The number of carbonyl (C=O) groups excluding carboxylic acids is 1. The molecule has 32 heavy (non-hydrogen) atoms. The number of aliphatic hydroxyl groups is 5. The number of likely N-dealkylation sites (tertiary alicyclic amines) is 1. The van der Waals surface area contributed by atoms with E-state index in [9.17, 15) is 49.8 Å². The van der Waals surface area contributed by atoms with Gasteiger partial charge < -0.3 is 56.0 Å². The molecular formula is C16H26N4O12. The van der Waals surface area contributed by atoms with Crippen molar-refractivity contribution in [3.8, 4) is 0 Å². The second kappa shape index (κ2) is 10.5. The Kier molecular flexibility index (Phi) is 8.86. The van der Waals surface area contributed by atoms with Crippen molar-refractivity contribution in [3.05, 3.63) is 0 Å². The summed E-state index contributed by atoms with van der Waals surface area (Å²) in [6, 6.07) is -3.77. The van der Waals surface area contributed by atoms with Gasteiger partial charge in [0.2, 0.25) is 11.5 Å². The maximum atomic E-state index is 12.6. The van der Waals surface area contributed by atoms with E-state index in [0.29, 0.717) is 0 Å². The summed E-state index contributed by atoms with van der Waals surface area (Å²) in [6.07, 6.45) is -6.33. The summed E-state index contributed by atoms with van der Waals surface area (Å²) in [4.78, 5) is 47.9. The summed E-state index contributed by atoms with van der Waals surface area (Å²) >= 11 is 0. The number of carboxylic acid groups (broad SMARTS) is 3. The number of β-amino-alcohol motifs (C(OH)–C–C–N with tert-alkyl or cyclic N) is 1. The van der Waals surface area contributed by atoms with Crippen molar-refractivity contribution in [2.45, 2.75) is 42.4 Å². The summed E-state index contributed by atoms with van der Waals surface area (Å²) in [6.45, 7) is -1.93. The molecule has 0 saturated carbocycles. The van der Waals surface area contributed by atoms with Crippen molar-refractivity contribution in [2.24, 2.45) is 0 Å². The van der Waals surface area contributed by atoms with Gasteiger partial charge in [-0.2, -0.15) is 0 Å². The Bertz CT molecular complexity index is 763. The van der Waals surface area contributed by atoms with Crippen LogP contribution in [0.1, 0.15) is 6.42 Å². The number of likely N-dealkylation sites (N-methyl/N-ethyl adjacent to an activating group) is 1. The lowest BCUT2D eigenvalue weighted by atomic mass is 9.90. The van der Waals surface area contributed by atoms with Gasteiger partial charge >= 0.3 is 17.9 Å². The largest absolute Gasteiger partial charge is 0.481 e. The molecule has 1 aliphatic heterocycles. The van der Waals surface area contributed by atoms with Gasteiger partial charge in [-0.05, 0) is 0 Å². The molecular weight excluding hydrogens is 440 g/mol. The number of amides is 1. The highest BCUT2D eigenvalue weighted by Gasteiger charge is 2.51. The molecule has 1 saturated heterocycles. The van der Waals surface area contributed by atoms with E-state index in [-0.39, 0.29) is 0 Å². The van der Waals surface area contributed by atoms with Gasteiger partial charge in [0.15, 0.2) is 12.0 Å². The average Bonchev–Trinajstić information content (AvgIpc) is 2.68. The molecule has 16 heteroatoms. The minimum Gasteiger partial charge on any atom is -0.481 e. The van der Waals surface area contributed by atoms with Gasteiger partial charge in [-0.1, -0.05) is 0 Å². The Balaban J connectivity index is 2.98. The van der Waals surface area contributed by atoms with Crippen molar-refractivity contribution < 1.29 is 60.0 Å². The first-order valence-electron chi connectivity index (χ1n) is 9.08. The Morgan fingerprint density at radius 3 is 2.16 bits per heavy atom. The zero-order chi connectivity index (χ0) is 25.0. The number of nitrogens with zero attached hydrogens (tertiary/aromatic N) is 2. The van der Waals surface area contributed by atoms with Crippen LogP contribution in [-0.4, -0.2) is 143 Å². The van der Waals surface area contributed by atoms with Crippen molar-refractivity contribution in [1.82, 2.24) is 15.1 Å². The molecule has 0 aliphatic carbocycles. The van der Waals surface area contributed by atoms with Gasteiger partial charge in [0.05, 0.1) is 25.6 Å². The van der Waals surface area contributed by atoms with Gasteiger partial charge in [-0.3, -0.25) is 15.0 Å². The molecule has 10 N–H and O–H groups in total. The van der Waals surface area contributed by atoms with E-state index in [2.05, 4.69) is 0 Å². The smallest absolute Gasteiger partial charge is 0.339 e. The number of hydrogen-bond acceptors (Lipinski definition) is 10. The van der Waals surface area contributed by atoms with Crippen LogP contribution in [0.5, 0.6) is 0 Å². The number of carboxylic acids is 3. The summed E-state index contributed by atoms with van der Waals surface area (Å²) in [5.41, 5.74) is -3.34. The molecule has 1 rings (SSSR count). The average molecular weight is 466 g/mol. The first-order valence-corrected chi connectivity index (χ1v) is 9.08. The van der Waals surface area contributed by atoms with Gasteiger partial charge in [-0.15, -0.1) is 0 Å². The number of guanidine groups is 1. The Labute approximate surface area is 180 Å². The lowest BCUT2D eigenvalue weighted by Gasteiger charge is -2.43. The molecule has 16 nitrogen and oxygen atoms in total. The molecule has 0 aromatic heterocycles. The predicted molar refractivity (Wildman–Crippen MR) is 100 cm³/mol. The normalized spacial score (nSPS) is 25.9. The van der Waals surface area contributed by atoms with Crippen molar-refractivity contribution in [2.75, 3.05) is 26.7 Å². The highest BCUT2D eigenvalue weighted by Crippen LogP contribution is 2.20. The standard InChI is InChI=1S/C16H26N4O12/c1-19(4-8(23)20-3-7(22)11(27)10(26)6(20)5-21)15(17)18-12(13(28)29)16(32,14(30)31)2-9(24)25/h6-7,10-12,21-22,26-27,32H,2-5H2,1H3,(H2,17,18)(H,24,25)(H,28,29)(H,30,31)/t6?,7-,10-,11+,12?,16?/m0/s1. The summed E-state index contributed by atoms with van der Waals surface area (Å²) < 4.78 is 0. The van der Waals surface area contributed by atoms with Crippen LogP contribution in [0.15, 0.2) is 0 Å². The Morgan fingerprint density at radius 2 is 1.72 bits per heavy atom. The number of nitrogens with one attached hydrogen (secondary N) is 2. The lowest BCUT2D eigenvalue weighted by molar-refractivity contribution is -0.174. The lowest BCUT2D eigenvalue weighted by Crippen LogP contribution is -2.66. The fourth-order valence-corrected chi connectivity index (χ4v) is 3.11. The summed E-state index contributed by atoms with van der Waals surface area (Å²) in [5.74, 6) is -7.73. The third kappa shape index (κ3) is 5.80. The molecule has 0 spiro atoms. The zero-order valence-corrected chi connectivity index (χ0v) is 16.8. The van der Waals surface area contributed by atoms with Crippen LogP contribution >= 0.6 is 0 Å². The van der Waals surface area contributed by atoms with E-state index in [0.717, 1.165) is 16.8 Å². The van der Waals surface area contributed by atoms with E-state index in [1.165, 1.54) is 0 Å². The SMILES string of the molecule is CN(CC(=O)N1C[C@H](O)[C@@H](O)[C@@H](O)C1CO)C(=N)NC(C(=O)O)C(O)(CC(=O)O)C(=O)O. The van der Waals surface area contributed by atoms with Crippen LogP contribution < -0.4 is 5.32 Å². The van der Waals surface area contributed by atoms with Crippen LogP contribution in [0.25, 0.3) is 0 Å². The molecule has 1 aliphatic rings. The van der Waals surface area contributed by atoms with E-state index in [1.54, 1.807) is 0 Å². The quantitative estimate of drug-likeness (QED) is 0.112. The minimum absolute atomic E-state index is 0.466. The molecule has 0 aromatic rings. The number of rotatable bonds is 9. The maximum Gasteiger partial charge on any atom is 0.339 e. The number of hydrogen-bond donors (Lipinski definition) is 10. The molecule has 1 heterocycles. The third-order valence-electron chi connectivity index (χ3n) is 4.98.